The van der Waals surface area contributed by atoms with E-state index in [0.29, 0.717) is 16.9 Å². The Morgan fingerprint density at radius 3 is 2.76 bits per heavy atom. The van der Waals surface area contributed by atoms with Gasteiger partial charge in [-0.2, -0.15) is 0 Å². The Bertz CT molecular complexity index is 418. The number of hydrogen-bond acceptors (Lipinski definition) is 3. The number of amides is 1. The molecule has 1 amide bonds. The fourth-order valence-electron chi connectivity index (χ4n) is 2.58. The van der Waals surface area contributed by atoms with Crippen LogP contribution in [-0.2, 0) is 4.79 Å². The van der Waals surface area contributed by atoms with E-state index < -0.39 is 0 Å². The van der Waals surface area contributed by atoms with Crippen molar-refractivity contribution in [3.63, 3.8) is 0 Å². The minimum Gasteiger partial charge on any atom is -0.355 e. The third-order valence-corrected chi connectivity index (χ3v) is 5.38. The molecule has 1 saturated heterocycles. The predicted octanol–water partition coefficient (Wildman–Crippen LogP) is 2.78. The number of carbonyl (C=O) groups excluding carboxylic acids is 1. The zero-order valence-corrected chi connectivity index (χ0v) is 13.6. The minimum atomic E-state index is 0.179. The summed E-state index contributed by atoms with van der Waals surface area (Å²) in [4.78, 5) is 11.9. The smallest absolute Gasteiger partial charge is 0.230 e. The maximum atomic E-state index is 11.9. The fourth-order valence-corrected chi connectivity index (χ4v) is 3.64. The van der Waals surface area contributed by atoms with Crippen molar-refractivity contribution in [2.45, 2.75) is 37.4 Å². The molecule has 1 aromatic carbocycles. The van der Waals surface area contributed by atoms with E-state index in [1.807, 2.05) is 17.8 Å². The van der Waals surface area contributed by atoms with Crippen LogP contribution in [0.1, 0.15) is 37.7 Å². The fraction of sp³-hybridized carbons (Fsp3) is 0.588. The van der Waals surface area contributed by atoms with Crippen LogP contribution in [0.15, 0.2) is 30.3 Å². The van der Waals surface area contributed by atoms with Gasteiger partial charge in [0, 0.05) is 11.8 Å². The van der Waals surface area contributed by atoms with Crippen LogP contribution in [0, 0.1) is 0 Å². The van der Waals surface area contributed by atoms with Crippen molar-refractivity contribution < 1.29 is 4.79 Å². The van der Waals surface area contributed by atoms with Crippen LogP contribution >= 0.6 is 11.8 Å². The highest BCUT2D eigenvalue weighted by Crippen LogP contribution is 2.20. The molecular formula is C17H26N2OS. The molecule has 3 nitrogen and oxygen atoms in total. The molecule has 0 aliphatic carbocycles. The Labute approximate surface area is 132 Å². The Hall–Kier alpha value is -1.00. The largest absolute Gasteiger partial charge is 0.355 e. The molecular weight excluding hydrogens is 280 g/mol. The van der Waals surface area contributed by atoms with E-state index >= 15 is 0 Å². The molecule has 1 atom stereocenters. The monoisotopic (exact) mass is 306 g/mol. The Balaban J connectivity index is 1.58. The van der Waals surface area contributed by atoms with Crippen LogP contribution in [0.4, 0.5) is 0 Å². The Morgan fingerprint density at radius 1 is 1.33 bits per heavy atom. The second kappa shape index (κ2) is 9.11. The lowest BCUT2D eigenvalue weighted by atomic mass is 9.98. The summed E-state index contributed by atoms with van der Waals surface area (Å²) < 4.78 is 0. The molecule has 1 aliphatic heterocycles. The van der Waals surface area contributed by atoms with Gasteiger partial charge in [-0.3, -0.25) is 4.79 Å². The topological polar surface area (TPSA) is 41.1 Å². The number of hydrogen-bond donors (Lipinski definition) is 2. The molecule has 1 fully saturated rings. The van der Waals surface area contributed by atoms with Gasteiger partial charge in [0.2, 0.25) is 5.91 Å². The Kier molecular flexibility index (Phi) is 7.10. The molecule has 116 valence electrons. The van der Waals surface area contributed by atoms with Crippen molar-refractivity contribution >= 4 is 17.7 Å². The third kappa shape index (κ3) is 6.10. The molecule has 0 saturated carbocycles. The Morgan fingerprint density at radius 2 is 2.05 bits per heavy atom. The molecule has 21 heavy (non-hydrogen) atoms. The van der Waals surface area contributed by atoms with Crippen molar-refractivity contribution in [2.24, 2.45) is 0 Å². The SMILES string of the molecule is CC(CCNC(=O)CSC1CCNCC1)c1ccccc1. The number of benzene rings is 1. The van der Waals surface area contributed by atoms with Crippen LogP contribution in [-0.4, -0.2) is 36.5 Å². The first-order chi connectivity index (χ1) is 10.3. The van der Waals surface area contributed by atoms with Crippen molar-refractivity contribution in [3.05, 3.63) is 35.9 Å². The maximum absolute atomic E-state index is 11.9. The number of carbonyl (C=O) groups is 1. The first-order valence-corrected chi connectivity index (χ1v) is 8.94. The lowest BCUT2D eigenvalue weighted by Gasteiger charge is -2.21. The summed E-state index contributed by atoms with van der Waals surface area (Å²) in [5.41, 5.74) is 1.34. The molecule has 0 aromatic heterocycles. The number of piperidine rings is 1. The highest BCUT2D eigenvalue weighted by Gasteiger charge is 2.14. The van der Waals surface area contributed by atoms with Gasteiger partial charge in [-0.1, -0.05) is 37.3 Å². The van der Waals surface area contributed by atoms with Crippen LogP contribution in [0.3, 0.4) is 0 Å². The zero-order chi connectivity index (χ0) is 14.9. The summed E-state index contributed by atoms with van der Waals surface area (Å²) >= 11 is 1.81. The number of rotatable bonds is 7. The van der Waals surface area contributed by atoms with Gasteiger partial charge >= 0.3 is 0 Å². The average molecular weight is 306 g/mol. The highest BCUT2D eigenvalue weighted by molar-refractivity contribution is 8.00. The second-order valence-corrected chi connectivity index (χ2v) is 7.00. The van der Waals surface area contributed by atoms with Gasteiger partial charge < -0.3 is 10.6 Å². The lowest BCUT2D eigenvalue weighted by molar-refractivity contribution is -0.118. The number of nitrogens with one attached hydrogen (secondary N) is 2. The maximum Gasteiger partial charge on any atom is 0.230 e. The van der Waals surface area contributed by atoms with Crippen molar-refractivity contribution in [2.75, 3.05) is 25.4 Å². The summed E-state index contributed by atoms with van der Waals surface area (Å²) in [6.07, 6.45) is 3.36. The van der Waals surface area contributed by atoms with Gasteiger partial charge in [0.1, 0.15) is 0 Å². The second-order valence-electron chi connectivity index (χ2n) is 5.71. The van der Waals surface area contributed by atoms with Crippen molar-refractivity contribution in [3.8, 4) is 0 Å². The summed E-state index contributed by atoms with van der Waals surface area (Å²) in [5, 5.41) is 7.05. The first kappa shape index (κ1) is 16.4. The van der Waals surface area contributed by atoms with Gasteiger partial charge in [-0.25, -0.2) is 0 Å². The van der Waals surface area contributed by atoms with Gasteiger partial charge in [0.05, 0.1) is 5.75 Å². The molecule has 0 radical (unpaired) electrons. The summed E-state index contributed by atoms with van der Waals surface area (Å²) in [7, 11) is 0. The summed E-state index contributed by atoms with van der Waals surface area (Å²) in [6, 6.07) is 10.5. The van der Waals surface area contributed by atoms with Gasteiger partial charge in [0.25, 0.3) is 0 Å². The van der Waals surface area contributed by atoms with Crippen LogP contribution in [0.25, 0.3) is 0 Å². The summed E-state index contributed by atoms with van der Waals surface area (Å²) in [6.45, 7) is 5.16. The van der Waals surface area contributed by atoms with E-state index in [4.69, 9.17) is 0 Å². The van der Waals surface area contributed by atoms with Crippen LogP contribution in [0.5, 0.6) is 0 Å². The van der Waals surface area contributed by atoms with E-state index in [2.05, 4.69) is 41.8 Å². The minimum absolute atomic E-state index is 0.179. The molecule has 1 heterocycles. The first-order valence-electron chi connectivity index (χ1n) is 7.89. The predicted molar refractivity (Wildman–Crippen MR) is 90.8 cm³/mol. The van der Waals surface area contributed by atoms with E-state index in [0.717, 1.165) is 26.1 Å². The quantitative estimate of drug-likeness (QED) is 0.814. The molecule has 2 N–H and O–H groups in total. The van der Waals surface area contributed by atoms with Crippen molar-refractivity contribution in [1.82, 2.24) is 10.6 Å². The zero-order valence-electron chi connectivity index (χ0n) is 12.8. The van der Waals surface area contributed by atoms with Crippen molar-refractivity contribution in [1.29, 1.82) is 0 Å². The van der Waals surface area contributed by atoms with Crippen LogP contribution in [0.2, 0.25) is 0 Å². The van der Waals surface area contributed by atoms with Crippen LogP contribution < -0.4 is 10.6 Å². The molecule has 1 aliphatic rings. The van der Waals surface area contributed by atoms with Gasteiger partial charge in [-0.05, 0) is 43.8 Å². The van der Waals surface area contributed by atoms with E-state index in [-0.39, 0.29) is 5.91 Å². The lowest BCUT2D eigenvalue weighted by Crippen LogP contribution is -2.31. The molecule has 0 spiro atoms. The normalized spacial score (nSPS) is 17.4. The summed E-state index contributed by atoms with van der Waals surface area (Å²) in [5.74, 6) is 1.27. The van der Waals surface area contributed by atoms with E-state index in [9.17, 15) is 4.79 Å². The highest BCUT2D eigenvalue weighted by atomic mass is 32.2. The molecule has 1 aromatic rings. The van der Waals surface area contributed by atoms with Gasteiger partial charge in [0.15, 0.2) is 0 Å². The third-order valence-electron chi connectivity index (χ3n) is 4.00. The van der Waals surface area contributed by atoms with Gasteiger partial charge in [-0.15, -0.1) is 11.8 Å². The molecule has 0 bridgehead atoms. The average Bonchev–Trinajstić information content (AvgIpc) is 2.54. The molecule has 4 heteroatoms. The van der Waals surface area contributed by atoms with E-state index in [1.165, 1.54) is 18.4 Å². The molecule has 1 unspecified atom stereocenters. The van der Waals surface area contributed by atoms with E-state index in [1.54, 1.807) is 0 Å². The standard InChI is InChI=1S/C17H26N2OS/c1-14(15-5-3-2-4-6-15)7-12-19-17(20)13-21-16-8-10-18-11-9-16/h2-6,14,16,18H,7-13H2,1H3,(H,19,20). The number of thioether (sulfide) groups is 1. The molecule has 2 rings (SSSR count).